The summed E-state index contributed by atoms with van der Waals surface area (Å²) in [6.45, 7) is 5.61. The van der Waals surface area contributed by atoms with E-state index in [9.17, 15) is 9.59 Å². The number of nitriles is 1. The van der Waals surface area contributed by atoms with Crippen LogP contribution in [0, 0.1) is 18.3 Å². The molecule has 0 N–H and O–H groups in total. The number of aryl methyl sites for hydroxylation is 1. The Hall–Kier alpha value is -3.72. The summed E-state index contributed by atoms with van der Waals surface area (Å²) >= 11 is 0. The molecule has 0 spiro atoms. The molecule has 0 unspecified atom stereocenters. The van der Waals surface area contributed by atoms with Crippen LogP contribution in [0.5, 0.6) is 0 Å². The molecule has 3 rings (SSSR count). The number of hydrogen-bond acceptors (Lipinski definition) is 5. The van der Waals surface area contributed by atoms with Gasteiger partial charge in [0.25, 0.3) is 5.91 Å². The summed E-state index contributed by atoms with van der Waals surface area (Å²) in [5.74, 6) is -0.929. The predicted molar refractivity (Wildman–Crippen MR) is 120 cm³/mol. The van der Waals surface area contributed by atoms with Gasteiger partial charge >= 0.3 is 5.97 Å². The fraction of sp³-hybridized carbons (Fsp3) is 0.280. The number of para-hydroxylation sites is 2. The average molecular weight is 415 g/mol. The van der Waals surface area contributed by atoms with Crippen molar-refractivity contribution in [2.45, 2.75) is 39.7 Å². The summed E-state index contributed by atoms with van der Waals surface area (Å²) in [5.41, 5.74) is 3.39. The molecule has 0 radical (unpaired) electrons. The number of carbonyl (C=O) groups excluding carboxylic acids is 2. The Morgan fingerprint density at radius 3 is 2.48 bits per heavy atom. The number of aromatic nitrogens is 1. The van der Waals surface area contributed by atoms with Crippen LogP contribution in [-0.2, 0) is 16.0 Å². The molecule has 0 saturated carbocycles. The number of carbonyl (C=O) groups is 2. The normalized spacial score (nSPS) is 11.5. The Kier molecular flexibility index (Phi) is 6.99. The zero-order chi connectivity index (χ0) is 22.4. The molecule has 1 heterocycles. The molecular formula is C25H25N3O3. The van der Waals surface area contributed by atoms with E-state index in [1.165, 1.54) is 4.90 Å². The number of ether oxygens (including phenoxy) is 1. The number of anilines is 1. The standard InChI is InChI=1S/C25H25N3O3/c1-4-21-17(2)23(20-13-8-9-14-22(20)27-21)25(30)31-18(3)24(29)28(16-10-15-26)19-11-6-5-7-12-19/h5-9,11-14,18H,4,10,16H2,1-3H3/t18-/m0/s1. The number of rotatable bonds is 7. The van der Waals surface area contributed by atoms with Gasteiger partial charge in [-0.15, -0.1) is 0 Å². The van der Waals surface area contributed by atoms with Crippen LogP contribution in [-0.4, -0.2) is 29.5 Å². The number of amides is 1. The van der Waals surface area contributed by atoms with Crippen LogP contribution in [0.15, 0.2) is 54.6 Å². The number of pyridine rings is 1. The Morgan fingerprint density at radius 2 is 1.81 bits per heavy atom. The van der Waals surface area contributed by atoms with Gasteiger partial charge in [0.2, 0.25) is 0 Å². The highest BCUT2D eigenvalue weighted by Gasteiger charge is 2.27. The second kappa shape index (κ2) is 9.86. The van der Waals surface area contributed by atoms with Gasteiger partial charge in [-0.3, -0.25) is 9.78 Å². The zero-order valence-corrected chi connectivity index (χ0v) is 18.0. The van der Waals surface area contributed by atoms with E-state index in [0.29, 0.717) is 23.1 Å². The molecule has 1 aromatic heterocycles. The van der Waals surface area contributed by atoms with Crippen molar-refractivity contribution in [3.63, 3.8) is 0 Å². The third-order valence-electron chi connectivity index (χ3n) is 5.19. The van der Waals surface area contributed by atoms with Crippen molar-refractivity contribution in [1.82, 2.24) is 4.98 Å². The Labute approximate surface area is 182 Å². The van der Waals surface area contributed by atoms with Crippen molar-refractivity contribution in [2.24, 2.45) is 0 Å². The highest BCUT2D eigenvalue weighted by atomic mass is 16.5. The number of fused-ring (bicyclic) bond motifs is 1. The number of benzene rings is 2. The van der Waals surface area contributed by atoms with Crippen molar-refractivity contribution in [1.29, 1.82) is 5.26 Å². The highest BCUT2D eigenvalue weighted by molar-refractivity contribution is 6.06. The van der Waals surface area contributed by atoms with Gasteiger partial charge in [-0.1, -0.05) is 43.3 Å². The third kappa shape index (κ3) is 4.72. The first-order chi connectivity index (χ1) is 15.0. The van der Waals surface area contributed by atoms with Gasteiger partial charge in [0.15, 0.2) is 6.10 Å². The molecule has 2 aromatic carbocycles. The van der Waals surface area contributed by atoms with E-state index in [2.05, 4.69) is 11.1 Å². The molecule has 0 aliphatic carbocycles. The molecule has 3 aromatic rings. The van der Waals surface area contributed by atoms with Crippen LogP contribution in [0.25, 0.3) is 10.9 Å². The molecule has 0 fully saturated rings. The lowest BCUT2D eigenvalue weighted by Gasteiger charge is -2.25. The second-order valence-corrected chi connectivity index (χ2v) is 7.21. The van der Waals surface area contributed by atoms with Crippen molar-refractivity contribution in [3.05, 3.63) is 71.4 Å². The van der Waals surface area contributed by atoms with Gasteiger partial charge in [-0.25, -0.2) is 4.79 Å². The summed E-state index contributed by atoms with van der Waals surface area (Å²) in [6, 6.07) is 18.5. The van der Waals surface area contributed by atoms with E-state index in [1.54, 1.807) is 19.1 Å². The SMILES string of the molecule is CCc1nc2ccccc2c(C(=O)O[C@@H](C)C(=O)N(CCC#N)c2ccccc2)c1C. The number of esters is 1. The first kappa shape index (κ1) is 22.0. The maximum absolute atomic E-state index is 13.2. The maximum atomic E-state index is 13.2. The highest BCUT2D eigenvalue weighted by Crippen LogP contribution is 2.25. The monoisotopic (exact) mass is 415 g/mol. The van der Waals surface area contributed by atoms with Crippen LogP contribution in [0.1, 0.15) is 41.9 Å². The second-order valence-electron chi connectivity index (χ2n) is 7.21. The van der Waals surface area contributed by atoms with Gasteiger partial charge in [0.1, 0.15) is 0 Å². The molecule has 0 aliphatic heterocycles. The maximum Gasteiger partial charge on any atom is 0.339 e. The lowest BCUT2D eigenvalue weighted by molar-refractivity contribution is -0.126. The predicted octanol–water partition coefficient (Wildman–Crippen LogP) is 4.60. The van der Waals surface area contributed by atoms with Crippen molar-refractivity contribution >= 4 is 28.5 Å². The topological polar surface area (TPSA) is 83.3 Å². The molecule has 0 bridgehead atoms. The van der Waals surface area contributed by atoms with E-state index in [1.807, 2.05) is 56.3 Å². The summed E-state index contributed by atoms with van der Waals surface area (Å²) < 4.78 is 5.63. The fourth-order valence-electron chi connectivity index (χ4n) is 3.59. The Bertz CT molecular complexity index is 1140. The van der Waals surface area contributed by atoms with Gasteiger partial charge < -0.3 is 9.64 Å². The largest absolute Gasteiger partial charge is 0.449 e. The molecule has 1 amide bonds. The molecule has 0 aliphatic rings. The van der Waals surface area contributed by atoms with Crippen LogP contribution >= 0.6 is 0 Å². The quantitative estimate of drug-likeness (QED) is 0.527. The first-order valence-electron chi connectivity index (χ1n) is 10.3. The minimum atomic E-state index is -1.01. The van der Waals surface area contributed by atoms with E-state index in [-0.39, 0.29) is 18.9 Å². The summed E-state index contributed by atoms with van der Waals surface area (Å²) in [4.78, 5) is 32.4. The van der Waals surface area contributed by atoms with E-state index in [0.717, 1.165) is 16.8 Å². The molecule has 158 valence electrons. The van der Waals surface area contributed by atoms with Crippen molar-refractivity contribution < 1.29 is 14.3 Å². The van der Waals surface area contributed by atoms with Gasteiger partial charge in [0, 0.05) is 23.3 Å². The minimum Gasteiger partial charge on any atom is -0.449 e. The summed E-state index contributed by atoms with van der Waals surface area (Å²) in [5, 5.41) is 9.68. The lowest BCUT2D eigenvalue weighted by atomic mass is 10.0. The molecule has 0 saturated heterocycles. The van der Waals surface area contributed by atoms with Gasteiger partial charge in [0.05, 0.1) is 23.6 Å². The number of nitrogens with zero attached hydrogens (tertiary/aromatic N) is 3. The van der Waals surface area contributed by atoms with Crippen molar-refractivity contribution in [2.75, 3.05) is 11.4 Å². The van der Waals surface area contributed by atoms with Crippen LogP contribution in [0.3, 0.4) is 0 Å². The minimum absolute atomic E-state index is 0.176. The average Bonchev–Trinajstić information content (AvgIpc) is 2.79. The van der Waals surface area contributed by atoms with Crippen LogP contribution in [0.2, 0.25) is 0 Å². The van der Waals surface area contributed by atoms with Gasteiger partial charge in [-0.05, 0) is 44.0 Å². The Morgan fingerprint density at radius 1 is 1.13 bits per heavy atom. The zero-order valence-electron chi connectivity index (χ0n) is 18.0. The van der Waals surface area contributed by atoms with E-state index >= 15 is 0 Å². The van der Waals surface area contributed by atoms with Crippen molar-refractivity contribution in [3.8, 4) is 6.07 Å². The fourth-order valence-corrected chi connectivity index (χ4v) is 3.59. The summed E-state index contributed by atoms with van der Waals surface area (Å²) in [7, 11) is 0. The molecule has 6 heteroatoms. The molecule has 6 nitrogen and oxygen atoms in total. The first-order valence-corrected chi connectivity index (χ1v) is 10.3. The molecule has 31 heavy (non-hydrogen) atoms. The van der Waals surface area contributed by atoms with Gasteiger partial charge in [-0.2, -0.15) is 5.26 Å². The van der Waals surface area contributed by atoms with E-state index < -0.39 is 12.1 Å². The Balaban J connectivity index is 1.90. The number of hydrogen-bond donors (Lipinski definition) is 0. The van der Waals surface area contributed by atoms with E-state index in [4.69, 9.17) is 10.00 Å². The lowest BCUT2D eigenvalue weighted by Crippen LogP contribution is -2.40. The smallest absolute Gasteiger partial charge is 0.339 e. The molecular weight excluding hydrogens is 390 g/mol. The van der Waals surface area contributed by atoms with Crippen LogP contribution < -0.4 is 4.90 Å². The molecule has 1 atom stereocenters. The third-order valence-corrected chi connectivity index (χ3v) is 5.19. The van der Waals surface area contributed by atoms with Crippen LogP contribution in [0.4, 0.5) is 5.69 Å². The summed E-state index contributed by atoms with van der Waals surface area (Å²) in [6.07, 6.45) is -0.154.